The van der Waals surface area contributed by atoms with Crippen molar-refractivity contribution in [2.75, 3.05) is 14.7 Å². The van der Waals surface area contributed by atoms with Gasteiger partial charge in [-0.05, 0) is 272 Å². The molecule has 0 spiro atoms. The summed E-state index contributed by atoms with van der Waals surface area (Å²) >= 11 is 0. The maximum Gasteiger partial charge on any atom is 0.143 e. The van der Waals surface area contributed by atoms with Gasteiger partial charge in [-0.25, -0.2) is 0 Å². The van der Waals surface area contributed by atoms with Gasteiger partial charge >= 0.3 is 0 Å². The Balaban J connectivity index is 0.000000117. The Morgan fingerprint density at radius 2 is 0.368 bits per heavy atom. The molecule has 0 fully saturated rings. The van der Waals surface area contributed by atoms with Gasteiger partial charge in [-0.1, -0.05) is 407 Å². The zero-order valence-electron chi connectivity index (χ0n) is 80.7. The van der Waals surface area contributed by atoms with E-state index < -0.39 is 0 Å². The average Bonchev–Trinajstić information content (AvgIpc) is 1.57. The number of furan rings is 3. The molecule has 0 atom stereocenters. The van der Waals surface area contributed by atoms with E-state index in [0.29, 0.717) is 0 Å². The molecule has 0 unspecified atom stereocenters. The molecule has 0 radical (unpaired) electrons. The highest BCUT2D eigenvalue weighted by atomic mass is 16.3. The summed E-state index contributed by atoms with van der Waals surface area (Å²) in [7, 11) is 0. The Bertz CT molecular complexity index is 8900. The molecular weight excluding hydrogens is 1750 g/mol. The molecule has 0 N–H and O–H groups in total. The minimum atomic E-state index is -0.0595. The lowest BCUT2D eigenvalue weighted by molar-refractivity contribution is 0.660. The van der Waals surface area contributed by atoms with Gasteiger partial charge in [0.25, 0.3) is 0 Å². The topological polar surface area (TPSA) is 49.1 Å². The molecule has 0 saturated carbocycles. The van der Waals surface area contributed by atoms with Crippen molar-refractivity contribution in [3.8, 4) is 111 Å². The van der Waals surface area contributed by atoms with E-state index in [9.17, 15) is 0 Å². The molecule has 25 aromatic rings. The SMILES string of the molecule is Cc1ccc(-c2ccc(N(c3ccc(-c4ccc(-c5ccccc5)cc4)cc3)c3ccc(-c4cccc5c4oc4ccccc45)cc3)cc2)cc1.Cc1ccc(N(c2ccc(-c3cc(-c4ccccc4)cc(-c4ccccc4)c3)cc2)c2ccc(-c3cccc4c3oc3ccccc34)cc2)cc1.Cc1ccc(N(c2ccc(-c3cccc4c3oc3ccccc34)cc2)c2ccc3c(c2)C(C)(C)c2ccccc2-3)cc1. The first-order chi connectivity index (χ1) is 70.8. The number of para-hydroxylation sites is 6. The van der Waals surface area contributed by atoms with Gasteiger partial charge in [-0.3, -0.25) is 0 Å². The van der Waals surface area contributed by atoms with Gasteiger partial charge in [-0.2, -0.15) is 0 Å². The molecule has 1 aliphatic rings. The fourth-order valence-corrected chi connectivity index (χ4v) is 20.9. The van der Waals surface area contributed by atoms with Crippen molar-refractivity contribution in [1.82, 2.24) is 0 Å². The predicted octanol–water partition coefficient (Wildman–Crippen LogP) is 39.4. The van der Waals surface area contributed by atoms with E-state index >= 15 is 0 Å². The predicted molar refractivity (Wildman–Crippen MR) is 606 cm³/mol. The summed E-state index contributed by atoms with van der Waals surface area (Å²) in [6.07, 6.45) is 0. The second-order valence-corrected chi connectivity index (χ2v) is 38.0. The fourth-order valence-electron chi connectivity index (χ4n) is 20.9. The molecular formula is C138H101N3O3. The molecule has 0 bridgehead atoms. The maximum atomic E-state index is 6.37. The van der Waals surface area contributed by atoms with Crippen LogP contribution < -0.4 is 14.7 Å². The molecule has 26 rings (SSSR count). The number of benzene rings is 22. The summed E-state index contributed by atoms with van der Waals surface area (Å²) in [6.45, 7) is 11.1. The van der Waals surface area contributed by atoms with E-state index in [-0.39, 0.29) is 5.41 Å². The Labute approximate surface area is 839 Å². The molecule has 686 valence electrons. The average molecular weight is 1850 g/mol. The Morgan fingerprint density at radius 1 is 0.153 bits per heavy atom. The second kappa shape index (κ2) is 38.1. The van der Waals surface area contributed by atoms with Crippen LogP contribution in [-0.4, -0.2) is 0 Å². The highest BCUT2D eigenvalue weighted by molar-refractivity contribution is 6.12. The Hall–Kier alpha value is -18.4. The largest absolute Gasteiger partial charge is 0.455 e. The highest BCUT2D eigenvalue weighted by Crippen LogP contribution is 2.53. The number of aryl methyl sites for hydroxylation is 3. The molecule has 144 heavy (non-hydrogen) atoms. The van der Waals surface area contributed by atoms with Crippen LogP contribution in [0.2, 0.25) is 0 Å². The molecule has 3 aromatic heterocycles. The monoisotopic (exact) mass is 1850 g/mol. The van der Waals surface area contributed by atoms with Gasteiger partial charge < -0.3 is 28.0 Å². The first-order valence-electron chi connectivity index (χ1n) is 49.4. The lowest BCUT2D eigenvalue weighted by atomic mass is 9.82. The fraction of sp³-hybridized carbons (Fsp3) is 0.0435. The summed E-state index contributed by atoms with van der Waals surface area (Å²) in [5.41, 5.74) is 45.7. The van der Waals surface area contributed by atoms with Crippen LogP contribution >= 0.6 is 0 Å². The van der Waals surface area contributed by atoms with E-state index in [1.807, 2.05) is 36.4 Å². The van der Waals surface area contributed by atoms with Crippen molar-refractivity contribution in [3.05, 3.63) is 550 Å². The van der Waals surface area contributed by atoms with Crippen molar-refractivity contribution in [1.29, 1.82) is 0 Å². The van der Waals surface area contributed by atoms with Crippen molar-refractivity contribution in [2.45, 2.75) is 40.0 Å². The van der Waals surface area contributed by atoms with Crippen LogP contribution in [0.1, 0.15) is 41.7 Å². The molecule has 22 aromatic carbocycles. The zero-order chi connectivity index (χ0) is 96.7. The van der Waals surface area contributed by atoms with Crippen molar-refractivity contribution >= 4 is 117 Å². The number of rotatable bonds is 18. The van der Waals surface area contributed by atoms with E-state index in [1.165, 1.54) is 106 Å². The third-order valence-electron chi connectivity index (χ3n) is 28.5. The molecule has 6 heteroatoms. The minimum absolute atomic E-state index is 0.0595. The van der Waals surface area contributed by atoms with Crippen LogP contribution in [0, 0.1) is 20.8 Å². The first kappa shape index (κ1) is 88.3. The van der Waals surface area contributed by atoms with E-state index in [2.05, 4.69) is 535 Å². The molecule has 0 aliphatic heterocycles. The molecule has 0 saturated heterocycles. The Kier molecular flexibility index (Phi) is 23.4. The van der Waals surface area contributed by atoms with E-state index in [1.54, 1.807) is 0 Å². The molecule has 1 aliphatic carbocycles. The Morgan fingerprint density at radius 3 is 0.701 bits per heavy atom. The van der Waals surface area contributed by atoms with Crippen LogP contribution in [0.3, 0.4) is 0 Å². The van der Waals surface area contributed by atoms with Crippen molar-refractivity contribution < 1.29 is 13.3 Å². The quantitative estimate of drug-likeness (QED) is 0.0853. The van der Waals surface area contributed by atoms with E-state index in [4.69, 9.17) is 13.3 Å². The van der Waals surface area contributed by atoms with Gasteiger partial charge in [0.15, 0.2) is 0 Å². The zero-order valence-corrected chi connectivity index (χ0v) is 80.7. The van der Waals surface area contributed by atoms with Crippen LogP contribution in [-0.2, 0) is 5.41 Å². The summed E-state index contributed by atoms with van der Waals surface area (Å²) in [6, 6.07) is 187. The third kappa shape index (κ3) is 17.2. The number of anilines is 9. The minimum Gasteiger partial charge on any atom is -0.455 e. The van der Waals surface area contributed by atoms with Gasteiger partial charge in [0.2, 0.25) is 0 Å². The molecule has 6 nitrogen and oxygen atoms in total. The number of nitrogens with zero attached hydrogens (tertiary/aromatic N) is 3. The standard InChI is InChI=1S/2C49H35NO.C40H31NO/c1-34-19-25-42(26-20-34)50(44-29-23-38(24-30-44)45-16-10-17-47-46-15-8-9-18-48(46)51-49(45)47)43-27-21-37(22-28-43)41-32-39(35-11-4-2-5-12-35)31-40(33-41)36-13-6-3-7-14-36;1-34-14-16-36(17-15-34)39-22-28-42(29-23-39)50(43-30-24-40(25-31-43)38-20-18-37(19-21-38)35-8-3-2-4-9-35)44-32-26-41(27-33-44)45-11-7-12-47-46-10-5-6-13-48(46)51-49(45)47;1-26-15-19-28(20-16-26)41(30-23-24-33-32-9-4-6-13-36(32)40(2,3)37(33)25-30)29-21-17-27(18-22-29)31-11-8-12-35-34-10-5-7-14-38(34)42-39(31)35/h2*2-33H,1H3;4-25H,1-3H3. The second-order valence-electron chi connectivity index (χ2n) is 38.0. The van der Waals surface area contributed by atoms with Crippen LogP contribution in [0.25, 0.3) is 177 Å². The lowest BCUT2D eigenvalue weighted by Crippen LogP contribution is -2.16. The smallest absolute Gasteiger partial charge is 0.143 e. The van der Waals surface area contributed by atoms with Gasteiger partial charge in [0.1, 0.15) is 33.5 Å². The molecule has 3 heterocycles. The summed E-state index contributed by atoms with van der Waals surface area (Å²) in [4.78, 5) is 7.02. The first-order valence-corrected chi connectivity index (χ1v) is 49.4. The van der Waals surface area contributed by atoms with Gasteiger partial charge in [-0.15, -0.1) is 0 Å². The summed E-state index contributed by atoms with van der Waals surface area (Å²) < 4.78 is 19.1. The summed E-state index contributed by atoms with van der Waals surface area (Å²) in [5, 5.41) is 6.86. The maximum absolute atomic E-state index is 6.37. The lowest BCUT2D eigenvalue weighted by Gasteiger charge is -2.28. The van der Waals surface area contributed by atoms with Crippen LogP contribution in [0.15, 0.2) is 535 Å². The summed E-state index contributed by atoms with van der Waals surface area (Å²) in [5.74, 6) is 0. The number of hydrogen-bond donors (Lipinski definition) is 0. The van der Waals surface area contributed by atoms with Gasteiger partial charge in [0, 0.05) is 106 Å². The van der Waals surface area contributed by atoms with Gasteiger partial charge in [0.05, 0.1) is 0 Å². The highest BCUT2D eigenvalue weighted by Gasteiger charge is 2.36. The number of fused-ring (bicyclic) bond motifs is 12. The van der Waals surface area contributed by atoms with Crippen LogP contribution in [0.4, 0.5) is 51.2 Å². The van der Waals surface area contributed by atoms with Crippen molar-refractivity contribution in [2.24, 2.45) is 0 Å². The normalized spacial score (nSPS) is 11.8. The van der Waals surface area contributed by atoms with E-state index in [0.717, 1.165) is 150 Å². The molecule has 0 amide bonds. The van der Waals surface area contributed by atoms with Crippen molar-refractivity contribution in [3.63, 3.8) is 0 Å². The van der Waals surface area contributed by atoms with Crippen LogP contribution in [0.5, 0.6) is 0 Å². The number of hydrogen-bond acceptors (Lipinski definition) is 6. The third-order valence-corrected chi connectivity index (χ3v) is 28.5.